The molecule has 0 saturated carbocycles. The van der Waals surface area contributed by atoms with Crippen LogP contribution in [0.15, 0.2) is 0 Å². The number of hydrogen-bond acceptors (Lipinski definition) is 3. The van der Waals surface area contributed by atoms with E-state index in [1.54, 1.807) is 0 Å². The molecular formula is C25H48BrNO3S. The van der Waals surface area contributed by atoms with Crippen LogP contribution >= 0.6 is 15.9 Å². The van der Waals surface area contributed by atoms with E-state index in [4.69, 9.17) is 0 Å². The summed E-state index contributed by atoms with van der Waals surface area (Å²) in [5, 5.41) is 0. The van der Waals surface area contributed by atoms with Gasteiger partial charge in [-0.25, -0.2) is 8.42 Å². The van der Waals surface area contributed by atoms with E-state index in [0.717, 1.165) is 13.0 Å². The van der Waals surface area contributed by atoms with E-state index in [9.17, 15) is 13.0 Å². The van der Waals surface area contributed by atoms with E-state index >= 15 is 0 Å². The minimum absolute atomic E-state index is 0.219. The highest BCUT2D eigenvalue weighted by Crippen LogP contribution is 2.21. The molecule has 0 aliphatic carbocycles. The van der Waals surface area contributed by atoms with Crippen LogP contribution in [0, 0.1) is 10.8 Å². The molecule has 31 heavy (non-hydrogen) atoms. The van der Waals surface area contributed by atoms with Gasteiger partial charge >= 0.3 is 0 Å². The molecule has 1 aliphatic heterocycles. The van der Waals surface area contributed by atoms with Gasteiger partial charge in [0.25, 0.3) is 0 Å². The second-order valence-electron chi connectivity index (χ2n) is 9.15. The minimum atomic E-state index is -3.94. The van der Waals surface area contributed by atoms with Crippen molar-refractivity contribution in [2.24, 2.45) is 0 Å². The molecule has 0 bridgehead atoms. The van der Waals surface area contributed by atoms with Crippen LogP contribution < -0.4 is 0 Å². The molecule has 1 fully saturated rings. The van der Waals surface area contributed by atoms with Crippen LogP contribution in [0.25, 0.3) is 0 Å². The SMILES string of the molecule is CCCCCCCCCCCCCC[N+]1(CC#CBr)CCCC1.CCCCS(=O)(=O)[O-]. The summed E-state index contributed by atoms with van der Waals surface area (Å²) < 4.78 is 30.8. The molecular weight excluding hydrogens is 474 g/mol. The first kappa shape index (κ1) is 30.9. The van der Waals surface area contributed by atoms with Gasteiger partial charge in [0.05, 0.1) is 29.8 Å². The average molecular weight is 523 g/mol. The number of likely N-dealkylation sites (tertiary alicyclic amines) is 1. The molecule has 0 spiro atoms. The fourth-order valence-electron chi connectivity index (χ4n) is 4.27. The van der Waals surface area contributed by atoms with Gasteiger partial charge < -0.3 is 9.04 Å². The van der Waals surface area contributed by atoms with Crippen LogP contribution in [0.1, 0.15) is 117 Å². The number of unbranched alkanes of at least 4 members (excludes halogenated alkanes) is 12. The quantitative estimate of drug-likeness (QED) is 0.0896. The van der Waals surface area contributed by atoms with Crippen molar-refractivity contribution in [1.29, 1.82) is 0 Å². The van der Waals surface area contributed by atoms with Gasteiger partial charge in [-0.1, -0.05) is 84.5 Å². The van der Waals surface area contributed by atoms with E-state index in [1.807, 2.05) is 6.92 Å². The maximum atomic E-state index is 9.83. The van der Waals surface area contributed by atoms with Crippen molar-refractivity contribution >= 4 is 26.0 Å². The lowest BCUT2D eigenvalue weighted by Gasteiger charge is -2.32. The zero-order chi connectivity index (χ0) is 23.3. The molecule has 0 aromatic heterocycles. The van der Waals surface area contributed by atoms with E-state index in [2.05, 4.69) is 33.6 Å². The predicted molar refractivity (Wildman–Crippen MR) is 136 cm³/mol. The van der Waals surface area contributed by atoms with E-state index in [-0.39, 0.29) is 5.75 Å². The number of quaternary nitrogens is 1. The van der Waals surface area contributed by atoms with Gasteiger partial charge in [-0.2, -0.15) is 0 Å². The molecule has 1 saturated heterocycles. The highest BCUT2D eigenvalue weighted by molar-refractivity contribution is 9.12. The fourth-order valence-corrected chi connectivity index (χ4v) is 5.04. The van der Waals surface area contributed by atoms with E-state index in [0.29, 0.717) is 6.42 Å². The third-order valence-electron chi connectivity index (χ3n) is 6.23. The molecule has 6 heteroatoms. The van der Waals surface area contributed by atoms with Crippen molar-refractivity contribution in [1.82, 2.24) is 0 Å². The highest BCUT2D eigenvalue weighted by atomic mass is 79.9. The Bertz CT molecular complexity index is 563. The minimum Gasteiger partial charge on any atom is -0.748 e. The first-order valence-electron chi connectivity index (χ1n) is 12.8. The smallest absolute Gasteiger partial charge is 0.141 e. The number of rotatable bonds is 17. The summed E-state index contributed by atoms with van der Waals surface area (Å²) in [6.45, 7) is 9.27. The summed E-state index contributed by atoms with van der Waals surface area (Å²) in [4.78, 5) is 2.91. The first-order valence-corrected chi connectivity index (χ1v) is 15.1. The summed E-state index contributed by atoms with van der Waals surface area (Å²) >= 11 is 3.25. The Balaban J connectivity index is 0.000000954. The van der Waals surface area contributed by atoms with Gasteiger partial charge in [-0.05, 0) is 30.0 Å². The van der Waals surface area contributed by atoms with Gasteiger partial charge in [-0.15, -0.1) is 0 Å². The molecule has 1 aliphatic rings. The predicted octanol–water partition coefficient (Wildman–Crippen LogP) is 6.99. The second kappa shape index (κ2) is 20.5. The van der Waals surface area contributed by atoms with Gasteiger partial charge in [0.1, 0.15) is 6.54 Å². The Kier molecular flexibility index (Phi) is 20.5. The summed E-state index contributed by atoms with van der Waals surface area (Å²) in [6, 6.07) is 0. The number of nitrogens with zero attached hydrogens (tertiary/aromatic N) is 1. The Morgan fingerprint density at radius 1 is 0.774 bits per heavy atom. The first-order chi connectivity index (χ1) is 14.9. The normalized spacial score (nSPS) is 15.1. The fraction of sp³-hybridized carbons (Fsp3) is 0.920. The van der Waals surface area contributed by atoms with Crippen LogP contribution in [0.4, 0.5) is 0 Å². The van der Waals surface area contributed by atoms with Crippen LogP contribution in [0.2, 0.25) is 0 Å². The molecule has 0 aromatic carbocycles. The monoisotopic (exact) mass is 521 g/mol. The standard InChI is InChI=1S/C21H39BrN.C4H10O3S/c1-2-3-4-5-6-7-8-9-10-11-12-13-18-23(21-16-17-22)19-14-15-20-23;1-2-3-4-8(5,6)7/h2-15,18-21H2,1H3;2-4H2,1H3,(H,5,6,7)/q+1;/p-1. The maximum absolute atomic E-state index is 9.83. The second-order valence-corrected chi connectivity index (χ2v) is 11.1. The molecule has 0 aromatic rings. The van der Waals surface area contributed by atoms with E-state index in [1.165, 1.54) is 114 Å². The molecule has 1 rings (SSSR count). The van der Waals surface area contributed by atoms with Crippen molar-refractivity contribution < 1.29 is 17.5 Å². The zero-order valence-electron chi connectivity index (χ0n) is 20.3. The Hall–Kier alpha value is -0.0900. The largest absolute Gasteiger partial charge is 0.748 e. The van der Waals surface area contributed by atoms with Crippen LogP contribution in [0.3, 0.4) is 0 Å². The van der Waals surface area contributed by atoms with Crippen LogP contribution in [0.5, 0.6) is 0 Å². The van der Waals surface area contributed by atoms with Crippen molar-refractivity contribution in [3.05, 3.63) is 0 Å². The van der Waals surface area contributed by atoms with Crippen molar-refractivity contribution in [2.75, 3.05) is 31.9 Å². The summed E-state index contributed by atoms with van der Waals surface area (Å²) in [7, 11) is -3.94. The summed E-state index contributed by atoms with van der Waals surface area (Å²) in [5.74, 6) is 3.04. The van der Waals surface area contributed by atoms with Crippen LogP contribution in [-0.2, 0) is 10.1 Å². The molecule has 1 heterocycles. The molecule has 0 atom stereocenters. The molecule has 0 unspecified atom stereocenters. The number of hydrogen-bond donors (Lipinski definition) is 0. The Morgan fingerprint density at radius 2 is 1.23 bits per heavy atom. The van der Waals surface area contributed by atoms with Gasteiger partial charge in [0.2, 0.25) is 0 Å². The lowest BCUT2D eigenvalue weighted by atomic mass is 10.1. The van der Waals surface area contributed by atoms with Crippen molar-refractivity contribution in [3.8, 4) is 10.8 Å². The topological polar surface area (TPSA) is 57.2 Å². The molecule has 0 radical (unpaired) electrons. The molecule has 0 N–H and O–H groups in total. The average Bonchev–Trinajstić information content (AvgIpc) is 3.20. The summed E-state index contributed by atoms with van der Waals surface area (Å²) in [6.07, 6.45) is 21.3. The number of halogens is 1. The molecule has 0 amide bonds. The highest BCUT2D eigenvalue weighted by Gasteiger charge is 2.30. The van der Waals surface area contributed by atoms with Crippen molar-refractivity contribution in [2.45, 2.75) is 117 Å². The van der Waals surface area contributed by atoms with Crippen LogP contribution in [-0.4, -0.2) is 49.4 Å². The van der Waals surface area contributed by atoms with Gasteiger partial charge in [-0.3, -0.25) is 0 Å². The van der Waals surface area contributed by atoms with Gasteiger partial charge in [0, 0.05) is 34.5 Å². The zero-order valence-corrected chi connectivity index (χ0v) is 22.7. The lowest BCUT2D eigenvalue weighted by molar-refractivity contribution is -0.910. The molecule has 4 nitrogen and oxygen atoms in total. The van der Waals surface area contributed by atoms with E-state index < -0.39 is 10.1 Å². The third kappa shape index (κ3) is 20.3. The lowest BCUT2D eigenvalue weighted by Crippen LogP contribution is -2.46. The van der Waals surface area contributed by atoms with Crippen molar-refractivity contribution in [3.63, 3.8) is 0 Å². The Morgan fingerprint density at radius 3 is 1.61 bits per heavy atom. The summed E-state index contributed by atoms with van der Waals surface area (Å²) in [5.41, 5.74) is 0. The maximum Gasteiger partial charge on any atom is 0.141 e. The molecule has 184 valence electrons. The third-order valence-corrected chi connectivity index (χ3v) is 7.30. The Labute approximate surface area is 202 Å². The van der Waals surface area contributed by atoms with Gasteiger partial charge in [0.15, 0.2) is 0 Å².